The fourth-order valence-electron chi connectivity index (χ4n) is 0.311. The third kappa shape index (κ3) is 5.09. The van der Waals surface area contributed by atoms with E-state index in [1.54, 1.807) is 0 Å². The van der Waals surface area contributed by atoms with Crippen molar-refractivity contribution < 1.29 is 23.1 Å². The molecule has 0 unspecified atom stereocenters. The van der Waals surface area contributed by atoms with Crippen LogP contribution in [0, 0.1) is 0 Å². The molecule has 0 fully saturated rings. The van der Waals surface area contributed by atoms with Crippen LogP contribution < -0.4 is 0 Å². The predicted molar refractivity (Wildman–Crippen MR) is 35.5 cm³/mol. The normalized spacial score (nSPS) is 11.6. The number of hydrogen-bond acceptors (Lipinski definition) is 3. The first kappa shape index (κ1) is 10.8. The Balaban J connectivity index is 3.54. The quantitative estimate of drug-likeness (QED) is 0.664. The highest BCUT2D eigenvalue weighted by molar-refractivity contribution is 7.99. The molecule has 0 saturated heterocycles. The summed E-state index contributed by atoms with van der Waals surface area (Å²) in [7, 11) is 0. The molecule has 2 nitrogen and oxygen atoms in total. The molecule has 6 heteroatoms. The summed E-state index contributed by atoms with van der Waals surface area (Å²) in [6.45, 7) is -0.212. The van der Waals surface area contributed by atoms with Crippen LogP contribution in [-0.4, -0.2) is 35.2 Å². The van der Waals surface area contributed by atoms with Crippen LogP contribution in [0.15, 0.2) is 0 Å². The lowest BCUT2D eigenvalue weighted by molar-refractivity contribution is -0.167. The SMILES string of the molecule is O=C(CSCCO)C(F)(F)F. The predicted octanol–water partition coefficient (Wildman–Crippen LogP) is 0.843. The zero-order valence-electron chi connectivity index (χ0n) is 5.52. The molecule has 0 saturated carbocycles. The van der Waals surface area contributed by atoms with Crippen molar-refractivity contribution in [3.8, 4) is 0 Å². The summed E-state index contributed by atoms with van der Waals surface area (Å²) in [6.07, 6.45) is -4.73. The molecule has 0 atom stereocenters. The van der Waals surface area contributed by atoms with Crippen LogP contribution in [0.5, 0.6) is 0 Å². The number of hydrogen-bond donors (Lipinski definition) is 1. The summed E-state index contributed by atoms with van der Waals surface area (Å²) in [6, 6.07) is 0. The van der Waals surface area contributed by atoms with Crippen molar-refractivity contribution in [2.45, 2.75) is 6.18 Å². The van der Waals surface area contributed by atoms with E-state index in [9.17, 15) is 18.0 Å². The number of carbonyl (C=O) groups excluding carboxylic acids is 1. The maximum Gasteiger partial charge on any atom is 0.450 e. The number of aliphatic hydroxyl groups is 1. The zero-order chi connectivity index (χ0) is 8.91. The van der Waals surface area contributed by atoms with Gasteiger partial charge in [0.15, 0.2) is 0 Å². The third-order valence-corrected chi connectivity index (χ3v) is 1.72. The highest BCUT2D eigenvalue weighted by Crippen LogP contribution is 2.18. The van der Waals surface area contributed by atoms with Crippen LogP contribution in [0.25, 0.3) is 0 Å². The summed E-state index contributed by atoms with van der Waals surface area (Å²) in [5.74, 6) is -2.21. The lowest BCUT2D eigenvalue weighted by atomic mass is 10.4. The van der Waals surface area contributed by atoms with Gasteiger partial charge in [-0.2, -0.15) is 24.9 Å². The molecule has 0 aromatic rings. The second-order valence-corrected chi connectivity index (χ2v) is 2.80. The van der Waals surface area contributed by atoms with Crippen LogP contribution in [0.3, 0.4) is 0 Å². The molecule has 0 aliphatic rings. The van der Waals surface area contributed by atoms with E-state index >= 15 is 0 Å². The molecular weight excluding hydrogens is 181 g/mol. The number of thioether (sulfide) groups is 1. The Morgan fingerprint density at radius 1 is 1.45 bits per heavy atom. The van der Waals surface area contributed by atoms with Crippen LogP contribution in [0.1, 0.15) is 0 Å². The second-order valence-electron chi connectivity index (χ2n) is 1.70. The van der Waals surface area contributed by atoms with Gasteiger partial charge in [-0.3, -0.25) is 4.79 Å². The number of ketones is 1. The van der Waals surface area contributed by atoms with Gasteiger partial charge in [0.25, 0.3) is 0 Å². The third-order valence-electron chi connectivity index (χ3n) is 0.785. The maximum absolute atomic E-state index is 11.5. The molecule has 0 rings (SSSR count). The van der Waals surface area contributed by atoms with Gasteiger partial charge in [0.05, 0.1) is 12.4 Å². The number of halogens is 3. The summed E-state index contributed by atoms with van der Waals surface area (Å²) in [4.78, 5) is 10.1. The topological polar surface area (TPSA) is 37.3 Å². The molecule has 0 heterocycles. The summed E-state index contributed by atoms with van der Waals surface area (Å²) < 4.78 is 34.4. The molecule has 66 valence electrons. The van der Waals surface area contributed by atoms with Gasteiger partial charge in [-0.15, -0.1) is 0 Å². The van der Waals surface area contributed by atoms with Gasteiger partial charge in [0.1, 0.15) is 0 Å². The van der Waals surface area contributed by atoms with E-state index < -0.39 is 17.7 Å². The van der Waals surface area contributed by atoms with Crippen molar-refractivity contribution in [1.29, 1.82) is 0 Å². The van der Waals surface area contributed by atoms with Crippen molar-refractivity contribution >= 4 is 17.5 Å². The Morgan fingerprint density at radius 2 is 2.00 bits per heavy atom. The Bertz CT molecular complexity index is 134. The second kappa shape index (κ2) is 4.61. The molecule has 0 aromatic carbocycles. The van der Waals surface area contributed by atoms with Gasteiger partial charge in [0.2, 0.25) is 5.78 Å². The zero-order valence-corrected chi connectivity index (χ0v) is 6.34. The molecule has 0 aliphatic heterocycles. The average molecular weight is 188 g/mol. The maximum atomic E-state index is 11.5. The van der Waals surface area contributed by atoms with E-state index in [-0.39, 0.29) is 12.4 Å². The minimum absolute atomic E-state index is 0.155. The number of aliphatic hydroxyl groups excluding tert-OH is 1. The molecule has 0 amide bonds. The van der Waals surface area contributed by atoms with Crippen LogP contribution >= 0.6 is 11.8 Å². The smallest absolute Gasteiger partial charge is 0.396 e. The van der Waals surface area contributed by atoms with Crippen LogP contribution in [0.2, 0.25) is 0 Å². The Hall–Kier alpha value is -0.230. The Morgan fingerprint density at radius 3 is 2.36 bits per heavy atom. The molecular formula is C5H7F3O2S. The summed E-state index contributed by atoms with van der Waals surface area (Å²) >= 11 is 0.769. The molecule has 0 spiro atoms. The Labute approximate surface area is 65.8 Å². The molecule has 0 radical (unpaired) electrons. The number of carbonyl (C=O) groups is 1. The van der Waals surface area contributed by atoms with Gasteiger partial charge >= 0.3 is 6.18 Å². The monoisotopic (exact) mass is 188 g/mol. The van der Waals surface area contributed by atoms with Crippen LogP contribution in [-0.2, 0) is 4.79 Å². The first-order chi connectivity index (χ1) is 4.98. The van der Waals surface area contributed by atoms with Gasteiger partial charge in [-0.1, -0.05) is 0 Å². The van der Waals surface area contributed by atoms with Crippen molar-refractivity contribution in [2.24, 2.45) is 0 Å². The minimum atomic E-state index is -4.73. The van der Waals surface area contributed by atoms with Crippen molar-refractivity contribution in [3.05, 3.63) is 0 Å². The fraction of sp³-hybridized carbons (Fsp3) is 0.800. The van der Waals surface area contributed by atoms with E-state index in [0.717, 1.165) is 11.8 Å². The molecule has 0 bridgehead atoms. The molecule has 0 aromatic heterocycles. The van der Waals surface area contributed by atoms with E-state index in [1.807, 2.05) is 0 Å². The first-order valence-electron chi connectivity index (χ1n) is 2.77. The van der Waals surface area contributed by atoms with E-state index in [0.29, 0.717) is 0 Å². The Kier molecular flexibility index (Phi) is 4.51. The summed E-state index contributed by atoms with van der Waals surface area (Å²) in [5.41, 5.74) is 0. The van der Waals surface area contributed by atoms with Gasteiger partial charge < -0.3 is 5.11 Å². The highest BCUT2D eigenvalue weighted by Gasteiger charge is 2.37. The standard InChI is InChI=1S/C5H7F3O2S/c6-5(7,8)4(10)3-11-2-1-9/h9H,1-3H2. The van der Waals surface area contributed by atoms with Crippen LogP contribution in [0.4, 0.5) is 13.2 Å². The summed E-state index contributed by atoms with van der Waals surface area (Å²) in [5, 5.41) is 8.17. The van der Waals surface area contributed by atoms with E-state index in [2.05, 4.69) is 0 Å². The largest absolute Gasteiger partial charge is 0.450 e. The van der Waals surface area contributed by atoms with Crippen molar-refractivity contribution in [2.75, 3.05) is 18.1 Å². The average Bonchev–Trinajstić information content (AvgIpc) is 1.86. The van der Waals surface area contributed by atoms with E-state index in [4.69, 9.17) is 5.11 Å². The fourth-order valence-corrected chi connectivity index (χ4v) is 0.934. The minimum Gasteiger partial charge on any atom is -0.396 e. The van der Waals surface area contributed by atoms with Crippen molar-refractivity contribution in [3.63, 3.8) is 0 Å². The molecule has 0 aliphatic carbocycles. The van der Waals surface area contributed by atoms with Crippen molar-refractivity contribution in [1.82, 2.24) is 0 Å². The van der Waals surface area contributed by atoms with E-state index in [1.165, 1.54) is 0 Å². The molecule has 11 heavy (non-hydrogen) atoms. The molecule has 1 N–H and O–H groups in total. The van der Waals surface area contributed by atoms with Gasteiger partial charge in [-0.25, -0.2) is 0 Å². The number of rotatable bonds is 4. The number of alkyl halides is 3. The van der Waals surface area contributed by atoms with Gasteiger partial charge in [-0.05, 0) is 0 Å². The highest BCUT2D eigenvalue weighted by atomic mass is 32.2. The van der Waals surface area contributed by atoms with Gasteiger partial charge in [0, 0.05) is 5.75 Å². The number of Topliss-reactive ketones (excluding diaryl/α,β-unsaturated/α-hetero) is 1. The lowest BCUT2D eigenvalue weighted by Crippen LogP contribution is -2.24. The first-order valence-corrected chi connectivity index (χ1v) is 3.92. The lowest BCUT2D eigenvalue weighted by Gasteiger charge is -2.02.